The lowest BCUT2D eigenvalue weighted by Crippen LogP contribution is -2.52. The molecule has 2 amide bonds. The highest BCUT2D eigenvalue weighted by atomic mass is 35.5. The number of carbonyl (C=O) groups excluding carboxylic acids is 2. The first-order chi connectivity index (χ1) is 17.5. The van der Waals surface area contributed by atoms with Gasteiger partial charge in [-0.15, -0.1) is 0 Å². The van der Waals surface area contributed by atoms with Crippen molar-refractivity contribution in [1.29, 1.82) is 0 Å². The number of benzene rings is 3. The first kappa shape index (κ1) is 28.8. The highest BCUT2D eigenvalue weighted by Crippen LogP contribution is 2.31. The van der Waals surface area contributed by atoms with Crippen LogP contribution in [0.15, 0.2) is 72.8 Å². The summed E-state index contributed by atoms with van der Waals surface area (Å²) in [7, 11) is -2.47. The molecule has 196 valence electrons. The summed E-state index contributed by atoms with van der Waals surface area (Å²) in [6.45, 7) is -0.576. The van der Waals surface area contributed by atoms with Crippen LogP contribution in [0.4, 0.5) is 5.69 Å². The SMILES string of the molecule is CNC(=O)C(Cc1ccccc1)N(Cc1cccc(Cl)c1)C(=O)CN(c1cc(Cl)ccc1Cl)S(C)(=O)=O. The van der Waals surface area contributed by atoms with E-state index in [1.54, 1.807) is 24.3 Å². The molecule has 0 aromatic heterocycles. The number of sulfonamides is 1. The summed E-state index contributed by atoms with van der Waals surface area (Å²) >= 11 is 18.5. The Morgan fingerprint density at radius 1 is 0.892 bits per heavy atom. The second-order valence-electron chi connectivity index (χ2n) is 8.34. The average Bonchev–Trinajstić information content (AvgIpc) is 2.85. The van der Waals surface area contributed by atoms with Gasteiger partial charge in [-0.2, -0.15) is 0 Å². The third kappa shape index (κ3) is 7.85. The lowest BCUT2D eigenvalue weighted by Gasteiger charge is -2.33. The normalized spacial score (nSPS) is 12.0. The van der Waals surface area contributed by atoms with E-state index in [9.17, 15) is 18.0 Å². The maximum absolute atomic E-state index is 13.8. The van der Waals surface area contributed by atoms with Crippen LogP contribution < -0.4 is 9.62 Å². The molecule has 3 aromatic rings. The van der Waals surface area contributed by atoms with Gasteiger partial charge in [0.15, 0.2) is 0 Å². The summed E-state index contributed by atoms with van der Waals surface area (Å²) in [5.41, 5.74) is 1.57. The molecule has 1 N–H and O–H groups in total. The largest absolute Gasteiger partial charge is 0.357 e. The molecule has 7 nitrogen and oxygen atoms in total. The molecular weight excluding hydrogens is 557 g/mol. The second kappa shape index (κ2) is 12.6. The quantitative estimate of drug-likeness (QED) is 0.372. The zero-order valence-corrected chi connectivity index (χ0v) is 23.3. The van der Waals surface area contributed by atoms with Gasteiger partial charge in [0.2, 0.25) is 21.8 Å². The van der Waals surface area contributed by atoms with Crippen molar-refractivity contribution in [2.45, 2.75) is 19.0 Å². The molecule has 37 heavy (non-hydrogen) atoms. The Hall–Kier alpha value is -2.78. The van der Waals surface area contributed by atoms with Gasteiger partial charge in [0.05, 0.1) is 17.0 Å². The number of amides is 2. The van der Waals surface area contributed by atoms with Gasteiger partial charge in [-0.3, -0.25) is 13.9 Å². The van der Waals surface area contributed by atoms with Crippen LogP contribution in [-0.4, -0.2) is 51.0 Å². The van der Waals surface area contributed by atoms with Gasteiger partial charge >= 0.3 is 0 Å². The van der Waals surface area contributed by atoms with Crippen molar-refractivity contribution < 1.29 is 18.0 Å². The summed E-state index contributed by atoms with van der Waals surface area (Å²) in [6.07, 6.45) is 1.18. The van der Waals surface area contributed by atoms with Gasteiger partial charge in [-0.25, -0.2) is 8.42 Å². The number of hydrogen-bond donors (Lipinski definition) is 1. The van der Waals surface area contributed by atoms with Gasteiger partial charge in [0.1, 0.15) is 12.6 Å². The van der Waals surface area contributed by atoms with Crippen LogP contribution in [0.5, 0.6) is 0 Å². The minimum atomic E-state index is -3.95. The molecule has 0 heterocycles. The van der Waals surface area contributed by atoms with Crippen molar-refractivity contribution in [2.75, 3.05) is 24.2 Å². The molecule has 0 saturated carbocycles. The van der Waals surface area contributed by atoms with E-state index in [1.165, 1.54) is 30.1 Å². The third-order valence-corrected chi connectivity index (χ3v) is 7.53. The Balaban J connectivity index is 2.06. The van der Waals surface area contributed by atoms with Crippen molar-refractivity contribution in [2.24, 2.45) is 0 Å². The fraction of sp³-hybridized carbons (Fsp3) is 0.231. The highest BCUT2D eigenvalue weighted by molar-refractivity contribution is 7.92. The predicted molar refractivity (Wildman–Crippen MR) is 149 cm³/mol. The lowest BCUT2D eigenvalue weighted by atomic mass is 10.0. The smallest absolute Gasteiger partial charge is 0.244 e. The van der Waals surface area contributed by atoms with E-state index < -0.39 is 34.4 Å². The van der Waals surface area contributed by atoms with Crippen LogP contribution in [0.1, 0.15) is 11.1 Å². The molecule has 1 atom stereocenters. The zero-order chi connectivity index (χ0) is 27.2. The van der Waals surface area contributed by atoms with Gasteiger partial charge in [-0.05, 0) is 41.5 Å². The monoisotopic (exact) mass is 581 g/mol. The number of anilines is 1. The van der Waals surface area contributed by atoms with E-state index in [1.807, 2.05) is 30.3 Å². The number of rotatable bonds is 10. The van der Waals surface area contributed by atoms with Crippen LogP contribution in [0.25, 0.3) is 0 Å². The number of nitrogens with zero attached hydrogens (tertiary/aromatic N) is 2. The number of likely N-dealkylation sites (N-methyl/N-ethyl adjacent to an activating group) is 1. The minimum Gasteiger partial charge on any atom is -0.357 e. The Morgan fingerprint density at radius 2 is 1.54 bits per heavy atom. The highest BCUT2D eigenvalue weighted by Gasteiger charge is 2.33. The van der Waals surface area contributed by atoms with E-state index in [-0.39, 0.29) is 28.7 Å². The standard InChI is InChI=1S/C26H26Cl3N3O4S/c1-30-26(34)24(14-18-7-4-3-5-8-18)31(16-19-9-6-10-20(27)13-19)25(33)17-32(37(2,35)36)23-15-21(28)11-12-22(23)29/h3-13,15,24H,14,16-17H2,1-2H3,(H,30,34). The number of carbonyl (C=O) groups is 2. The van der Waals surface area contributed by atoms with Crippen LogP contribution in [0.3, 0.4) is 0 Å². The molecular formula is C26H26Cl3N3O4S. The Bertz CT molecular complexity index is 1370. The van der Waals surface area contributed by atoms with Crippen LogP contribution >= 0.6 is 34.8 Å². The van der Waals surface area contributed by atoms with Crippen molar-refractivity contribution in [3.05, 3.63) is 99.0 Å². The fourth-order valence-corrected chi connectivity index (χ4v) is 5.33. The van der Waals surface area contributed by atoms with E-state index in [0.29, 0.717) is 10.6 Å². The number of halogens is 3. The second-order valence-corrected chi connectivity index (χ2v) is 11.5. The molecule has 3 aromatic carbocycles. The third-order valence-electron chi connectivity index (χ3n) is 5.62. The number of hydrogen-bond acceptors (Lipinski definition) is 4. The first-order valence-corrected chi connectivity index (χ1v) is 14.2. The molecule has 0 aliphatic rings. The van der Waals surface area contributed by atoms with Crippen LogP contribution in [0, 0.1) is 0 Å². The van der Waals surface area contributed by atoms with E-state index in [0.717, 1.165) is 16.1 Å². The van der Waals surface area contributed by atoms with Crippen molar-refractivity contribution >= 4 is 62.3 Å². The fourth-order valence-electron chi connectivity index (χ4n) is 3.82. The molecule has 3 rings (SSSR count). The lowest BCUT2D eigenvalue weighted by molar-refractivity contribution is -0.139. The van der Waals surface area contributed by atoms with Crippen molar-refractivity contribution in [1.82, 2.24) is 10.2 Å². The molecule has 11 heteroatoms. The van der Waals surface area contributed by atoms with Gasteiger partial charge < -0.3 is 10.2 Å². The Kier molecular flexibility index (Phi) is 9.84. The summed E-state index contributed by atoms with van der Waals surface area (Å²) in [6, 6.07) is 19.5. The van der Waals surface area contributed by atoms with Crippen LogP contribution in [-0.2, 0) is 32.6 Å². The molecule has 0 aliphatic carbocycles. The molecule has 0 radical (unpaired) electrons. The molecule has 1 unspecified atom stereocenters. The number of nitrogens with one attached hydrogen (secondary N) is 1. The summed E-state index contributed by atoms with van der Waals surface area (Å²) in [5, 5.41) is 3.45. The van der Waals surface area contributed by atoms with Crippen molar-refractivity contribution in [3.63, 3.8) is 0 Å². The van der Waals surface area contributed by atoms with Gasteiger partial charge in [0.25, 0.3) is 0 Å². The predicted octanol–water partition coefficient (Wildman–Crippen LogP) is 4.80. The molecule has 0 aliphatic heterocycles. The summed E-state index contributed by atoms with van der Waals surface area (Å²) in [4.78, 5) is 28.3. The Labute approximate surface area is 232 Å². The maximum atomic E-state index is 13.8. The van der Waals surface area contributed by atoms with Crippen molar-refractivity contribution in [3.8, 4) is 0 Å². The molecule has 0 spiro atoms. The zero-order valence-electron chi connectivity index (χ0n) is 20.2. The minimum absolute atomic E-state index is 0.0190. The molecule has 0 bridgehead atoms. The molecule has 0 fully saturated rings. The summed E-state index contributed by atoms with van der Waals surface area (Å²) in [5.74, 6) is -1.00. The average molecular weight is 583 g/mol. The van der Waals surface area contributed by atoms with E-state index in [2.05, 4.69) is 5.32 Å². The van der Waals surface area contributed by atoms with E-state index >= 15 is 0 Å². The van der Waals surface area contributed by atoms with E-state index in [4.69, 9.17) is 34.8 Å². The maximum Gasteiger partial charge on any atom is 0.244 e. The van der Waals surface area contributed by atoms with Gasteiger partial charge in [-0.1, -0.05) is 77.3 Å². The summed E-state index contributed by atoms with van der Waals surface area (Å²) < 4.78 is 26.4. The van der Waals surface area contributed by atoms with Gasteiger partial charge in [0, 0.05) is 30.1 Å². The molecule has 0 saturated heterocycles. The van der Waals surface area contributed by atoms with Crippen LogP contribution in [0.2, 0.25) is 15.1 Å². The topological polar surface area (TPSA) is 86.8 Å². The Morgan fingerprint density at radius 3 is 2.16 bits per heavy atom. The first-order valence-electron chi connectivity index (χ1n) is 11.2.